The van der Waals surface area contributed by atoms with Gasteiger partial charge in [0.2, 0.25) is 5.91 Å². The van der Waals surface area contributed by atoms with Crippen molar-refractivity contribution >= 4 is 5.91 Å². The molecule has 1 saturated heterocycles. The summed E-state index contributed by atoms with van der Waals surface area (Å²) in [6.07, 6.45) is 6.63. The maximum atomic E-state index is 11.1. The molecule has 0 aromatic carbocycles. The normalized spacial score (nSPS) is 33.8. The predicted octanol–water partition coefficient (Wildman–Crippen LogP) is 0.742. The van der Waals surface area contributed by atoms with E-state index in [4.69, 9.17) is 5.73 Å². The van der Waals surface area contributed by atoms with Gasteiger partial charge in [-0.15, -0.1) is 0 Å². The Kier molecular flexibility index (Phi) is 1.83. The van der Waals surface area contributed by atoms with Crippen LogP contribution in [0.4, 0.5) is 0 Å². The molecule has 3 nitrogen and oxygen atoms in total. The van der Waals surface area contributed by atoms with E-state index in [0.29, 0.717) is 6.42 Å². The fourth-order valence-electron chi connectivity index (χ4n) is 2.55. The Morgan fingerprint density at radius 2 is 2.00 bits per heavy atom. The fourth-order valence-corrected chi connectivity index (χ4v) is 2.55. The Morgan fingerprint density at radius 3 is 2.50 bits per heavy atom. The van der Waals surface area contributed by atoms with Crippen LogP contribution in [0.1, 0.15) is 38.5 Å². The van der Waals surface area contributed by atoms with Crippen molar-refractivity contribution in [2.75, 3.05) is 0 Å². The molecular weight excluding hydrogens is 152 g/mol. The Bertz CT molecular complexity index is 197. The van der Waals surface area contributed by atoms with Crippen LogP contribution in [0, 0.1) is 5.41 Å². The molecule has 1 heterocycles. The van der Waals surface area contributed by atoms with Gasteiger partial charge in [-0.1, -0.05) is 19.3 Å². The molecule has 0 radical (unpaired) electrons. The van der Waals surface area contributed by atoms with E-state index >= 15 is 0 Å². The highest BCUT2D eigenvalue weighted by molar-refractivity contribution is 5.79. The zero-order chi connectivity index (χ0) is 8.60. The molecule has 1 saturated carbocycles. The molecule has 0 bridgehead atoms. The molecule has 3 heteroatoms. The minimum absolute atomic E-state index is 0.0784. The largest absolute Gasteiger partial charge is 0.340 e. The fraction of sp³-hybridized carbons (Fsp3) is 0.889. The first-order valence-corrected chi connectivity index (χ1v) is 4.78. The molecular formula is C9H16N2O. The minimum Gasteiger partial charge on any atom is -0.340 e. The second kappa shape index (κ2) is 2.73. The quantitative estimate of drug-likeness (QED) is 0.560. The maximum absolute atomic E-state index is 11.1. The molecule has 0 aromatic heterocycles. The lowest BCUT2D eigenvalue weighted by Crippen LogP contribution is -2.45. The van der Waals surface area contributed by atoms with Crippen LogP contribution in [0.15, 0.2) is 0 Å². The standard InChI is InChI=1S/C9H16N2O/c10-8-9(6-7(12)11-8)4-2-1-3-5-9/h8H,1-6,10H2,(H,11,12). The summed E-state index contributed by atoms with van der Waals surface area (Å²) >= 11 is 0. The number of hydrogen-bond acceptors (Lipinski definition) is 2. The first-order valence-electron chi connectivity index (χ1n) is 4.78. The van der Waals surface area contributed by atoms with E-state index in [2.05, 4.69) is 5.32 Å². The van der Waals surface area contributed by atoms with Crippen LogP contribution in [-0.2, 0) is 4.79 Å². The van der Waals surface area contributed by atoms with Gasteiger partial charge >= 0.3 is 0 Å². The van der Waals surface area contributed by atoms with E-state index in [1.165, 1.54) is 19.3 Å². The molecule has 3 N–H and O–H groups in total. The number of amides is 1. The summed E-state index contributed by atoms with van der Waals surface area (Å²) in [5.74, 6) is 0.143. The van der Waals surface area contributed by atoms with Gasteiger partial charge in [-0.05, 0) is 12.8 Å². The monoisotopic (exact) mass is 168 g/mol. The van der Waals surface area contributed by atoms with Crippen LogP contribution in [0.2, 0.25) is 0 Å². The molecule has 68 valence electrons. The SMILES string of the molecule is NC1NC(=O)CC12CCCCC2. The number of nitrogens with two attached hydrogens (primary N) is 1. The molecule has 1 atom stereocenters. The molecule has 2 rings (SSSR count). The van der Waals surface area contributed by atoms with Crippen molar-refractivity contribution in [2.24, 2.45) is 11.1 Å². The lowest BCUT2D eigenvalue weighted by atomic mass is 9.72. The van der Waals surface area contributed by atoms with Crippen LogP contribution < -0.4 is 11.1 Å². The first kappa shape index (κ1) is 8.05. The average molecular weight is 168 g/mol. The van der Waals surface area contributed by atoms with Crippen LogP contribution in [0.5, 0.6) is 0 Å². The minimum atomic E-state index is -0.0784. The van der Waals surface area contributed by atoms with Crippen molar-refractivity contribution in [3.8, 4) is 0 Å². The summed E-state index contributed by atoms with van der Waals surface area (Å²) in [5.41, 5.74) is 6.02. The van der Waals surface area contributed by atoms with Crippen LogP contribution in [0.3, 0.4) is 0 Å². The van der Waals surface area contributed by atoms with Crippen molar-refractivity contribution in [3.05, 3.63) is 0 Å². The van der Waals surface area contributed by atoms with Gasteiger partial charge in [-0.3, -0.25) is 4.79 Å². The molecule has 1 spiro atoms. The average Bonchev–Trinajstić information content (AvgIpc) is 2.29. The molecule has 0 aromatic rings. The van der Waals surface area contributed by atoms with Gasteiger partial charge in [0.05, 0.1) is 6.17 Å². The van der Waals surface area contributed by atoms with Gasteiger partial charge in [-0.25, -0.2) is 0 Å². The summed E-state index contributed by atoms with van der Waals surface area (Å²) in [7, 11) is 0. The van der Waals surface area contributed by atoms with E-state index < -0.39 is 0 Å². The summed E-state index contributed by atoms with van der Waals surface area (Å²) in [6.45, 7) is 0. The van der Waals surface area contributed by atoms with E-state index in [0.717, 1.165) is 12.8 Å². The lowest BCUT2D eigenvalue weighted by molar-refractivity contribution is -0.119. The van der Waals surface area contributed by atoms with Gasteiger partial charge in [-0.2, -0.15) is 0 Å². The van der Waals surface area contributed by atoms with Gasteiger partial charge in [0.15, 0.2) is 0 Å². The maximum Gasteiger partial charge on any atom is 0.221 e. The zero-order valence-electron chi connectivity index (χ0n) is 7.31. The number of carbonyl (C=O) groups is 1. The Balaban J connectivity index is 2.13. The van der Waals surface area contributed by atoms with Gasteiger partial charge in [0, 0.05) is 11.8 Å². The van der Waals surface area contributed by atoms with Crippen molar-refractivity contribution in [1.29, 1.82) is 0 Å². The van der Waals surface area contributed by atoms with Gasteiger partial charge in [0.25, 0.3) is 0 Å². The summed E-state index contributed by atoms with van der Waals surface area (Å²) in [5, 5.41) is 2.82. The van der Waals surface area contributed by atoms with Crippen molar-refractivity contribution in [2.45, 2.75) is 44.7 Å². The third-order valence-electron chi connectivity index (χ3n) is 3.34. The smallest absolute Gasteiger partial charge is 0.221 e. The summed E-state index contributed by atoms with van der Waals surface area (Å²) in [6, 6.07) is 0. The molecule has 2 aliphatic rings. The molecule has 12 heavy (non-hydrogen) atoms. The second-order valence-electron chi connectivity index (χ2n) is 4.14. The predicted molar refractivity (Wildman–Crippen MR) is 46.3 cm³/mol. The van der Waals surface area contributed by atoms with Crippen molar-refractivity contribution < 1.29 is 4.79 Å². The number of hydrogen-bond donors (Lipinski definition) is 2. The summed E-state index contributed by atoms with van der Waals surface area (Å²) < 4.78 is 0. The second-order valence-corrected chi connectivity index (χ2v) is 4.14. The van der Waals surface area contributed by atoms with Crippen molar-refractivity contribution in [1.82, 2.24) is 5.32 Å². The number of nitrogens with one attached hydrogen (secondary N) is 1. The van der Waals surface area contributed by atoms with E-state index in [-0.39, 0.29) is 17.5 Å². The molecule has 2 fully saturated rings. The molecule has 1 aliphatic heterocycles. The highest BCUT2D eigenvalue weighted by Gasteiger charge is 2.45. The molecule has 1 unspecified atom stereocenters. The van der Waals surface area contributed by atoms with Crippen molar-refractivity contribution in [3.63, 3.8) is 0 Å². The van der Waals surface area contributed by atoms with Crippen LogP contribution >= 0.6 is 0 Å². The number of rotatable bonds is 0. The zero-order valence-corrected chi connectivity index (χ0v) is 7.31. The van der Waals surface area contributed by atoms with Crippen LogP contribution in [-0.4, -0.2) is 12.1 Å². The van der Waals surface area contributed by atoms with Gasteiger partial charge < -0.3 is 11.1 Å². The lowest BCUT2D eigenvalue weighted by Gasteiger charge is -2.35. The number of carbonyl (C=O) groups excluding carboxylic acids is 1. The van der Waals surface area contributed by atoms with Crippen LogP contribution in [0.25, 0.3) is 0 Å². The first-order chi connectivity index (χ1) is 5.73. The van der Waals surface area contributed by atoms with E-state index in [1.807, 2.05) is 0 Å². The van der Waals surface area contributed by atoms with E-state index in [9.17, 15) is 4.79 Å². The highest BCUT2D eigenvalue weighted by Crippen LogP contribution is 2.43. The van der Waals surface area contributed by atoms with E-state index in [1.54, 1.807) is 0 Å². The van der Waals surface area contributed by atoms with Gasteiger partial charge in [0.1, 0.15) is 0 Å². The molecule has 1 amide bonds. The third kappa shape index (κ3) is 1.12. The Hall–Kier alpha value is -0.570. The Morgan fingerprint density at radius 1 is 1.33 bits per heavy atom. The third-order valence-corrected chi connectivity index (χ3v) is 3.34. The highest BCUT2D eigenvalue weighted by atomic mass is 16.2. The topological polar surface area (TPSA) is 55.1 Å². The Labute approximate surface area is 72.7 Å². The summed E-state index contributed by atoms with van der Waals surface area (Å²) in [4.78, 5) is 11.1. The molecule has 1 aliphatic carbocycles.